The van der Waals surface area contributed by atoms with E-state index in [0.717, 1.165) is 48.5 Å². The fourth-order valence-corrected chi connectivity index (χ4v) is 4.44. The Kier molecular flexibility index (Phi) is 7.51. The van der Waals surface area contributed by atoms with Crippen LogP contribution in [0.2, 0.25) is 0 Å². The molecule has 0 aliphatic carbocycles. The Hall–Kier alpha value is -3.04. The van der Waals surface area contributed by atoms with Crippen LogP contribution in [-0.2, 0) is 11.2 Å². The Morgan fingerprint density at radius 2 is 1.94 bits per heavy atom. The first-order chi connectivity index (χ1) is 16.0. The van der Waals surface area contributed by atoms with Gasteiger partial charge in [0, 0.05) is 38.2 Å². The third kappa shape index (κ3) is 6.06. The van der Waals surface area contributed by atoms with Crippen molar-refractivity contribution in [3.8, 4) is 10.7 Å². The van der Waals surface area contributed by atoms with Gasteiger partial charge in [-0.05, 0) is 61.5 Å². The van der Waals surface area contributed by atoms with Crippen LogP contribution < -0.4 is 5.32 Å². The van der Waals surface area contributed by atoms with Crippen LogP contribution in [-0.4, -0.2) is 71.0 Å². The second-order valence-corrected chi connectivity index (χ2v) is 9.24. The summed E-state index contributed by atoms with van der Waals surface area (Å²) < 4.78 is 5.36. The summed E-state index contributed by atoms with van der Waals surface area (Å²) in [4.78, 5) is 34.5. The van der Waals surface area contributed by atoms with Crippen LogP contribution in [0, 0.1) is 13.8 Å². The second kappa shape index (κ2) is 10.7. The second-order valence-electron chi connectivity index (χ2n) is 8.30. The standard InChI is InChI=1S/C24H29N5O3S/c1-17-7-8-19(15-18(17)2)24(31)25-16-22(30)29-12-10-28(11-13-29)9-3-6-21-26-23(27-32-21)20-5-4-14-33-20/h4-5,7-8,14-15H,3,6,9-13,16H2,1-2H3,(H,25,31). The normalized spacial score (nSPS) is 14.4. The molecule has 0 spiro atoms. The van der Waals surface area contributed by atoms with Gasteiger partial charge in [-0.2, -0.15) is 4.98 Å². The third-order valence-electron chi connectivity index (χ3n) is 5.97. The molecule has 0 radical (unpaired) electrons. The molecular weight excluding hydrogens is 438 g/mol. The molecular formula is C24H29N5O3S. The molecule has 1 aromatic carbocycles. The van der Waals surface area contributed by atoms with E-state index in [9.17, 15) is 9.59 Å². The Morgan fingerprint density at radius 3 is 2.67 bits per heavy atom. The lowest BCUT2D eigenvalue weighted by Gasteiger charge is -2.34. The number of piperazine rings is 1. The van der Waals surface area contributed by atoms with E-state index in [0.29, 0.717) is 30.4 Å². The van der Waals surface area contributed by atoms with Gasteiger partial charge >= 0.3 is 0 Å². The van der Waals surface area contributed by atoms with E-state index in [1.165, 1.54) is 0 Å². The maximum Gasteiger partial charge on any atom is 0.251 e. The Morgan fingerprint density at radius 1 is 1.12 bits per heavy atom. The lowest BCUT2D eigenvalue weighted by Crippen LogP contribution is -2.51. The molecule has 1 saturated heterocycles. The van der Waals surface area contributed by atoms with Crippen LogP contribution in [0.5, 0.6) is 0 Å². The van der Waals surface area contributed by atoms with E-state index in [2.05, 4.69) is 20.4 Å². The quantitative estimate of drug-likeness (QED) is 0.548. The summed E-state index contributed by atoms with van der Waals surface area (Å²) in [6, 6.07) is 9.52. The van der Waals surface area contributed by atoms with E-state index in [4.69, 9.17) is 4.52 Å². The number of amides is 2. The number of carbonyl (C=O) groups excluding carboxylic acids is 2. The van der Waals surface area contributed by atoms with Crippen molar-refractivity contribution in [3.63, 3.8) is 0 Å². The average molecular weight is 468 g/mol. The maximum atomic E-state index is 12.5. The van der Waals surface area contributed by atoms with Gasteiger partial charge in [-0.3, -0.25) is 14.5 Å². The highest BCUT2D eigenvalue weighted by atomic mass is 32.1. The van der Waals surface area contributed by atoms with E-state index in [1.54, 1.807) is 17.4 Å². The predicted octanol–water partition coefficient (Wildman–Crippen LogP) is 2.92. The summed E-state index contributed by atoms with van der Waals surface area (Å²) in [5.74, 6) is 1.05. The lowest BCUT2D eigenvalue weighted by molar-refractivity contribution is -0.131. The SMILES string of the molecule is Cc1ccc(C(=O)NCC(=O)N2CCN(CCCc3nc(-c4cccs4)no3)CC2)cc1C. The minimum atomic E-state index is -0.214. The highest BCUT2D eigenvalue weighted by molar-refractivity contribution is 7.13. The molecule has 2 aromatic heterocycles. The third-order valence-corrected chi connectivity index (χ3v) is 6.83. The number of nitrogens with one attached hydrogen (secondary N) is 1. The molecule has 1 aliphatic heterocycles. The Labute approximate surface area is 197 Å². The van der Waals surface area contributed by atoms with Crippen molar-refractivity contribution in [3.05, 3.63) is 58.3 Å². The zero-order valence-electron chi connectivity index (χ0n) is 19.0. The number of nitrogens with zero attached hydrogens (tertiary/aromatic N) is 4. The van der Waals surface area contributed by atoms with Crippen molar-refractivity contribution in [1.29, 1.82) is 0 Å². The molecule has 0 bridgehead atoms. The van der Waals surface area contributed by atoms with Crippen LogP contribution in [0.25, 0.3) is 10.7 Å². The molecule has 33 heavy (non-hydrogen) atoms. The van der Waals surface area contributed by atoms with Gasteiger partial charge < -0.3 is 14.7 Å². The number of rotatable bonds is 8. The molecule has 3 heterocycles. The molecule has 174 valence electrons. The number of hydrogen-bond acceptors (Lipinski definition) is 7. The van der Waals surface area contributed by atoms with E-state index in [1.807, 2.05) is 48.4 Å². The summed E-state index contributed by atoms with van der Waals surface area (Å²) >= 11 is 1.59. The van der Waals surface area contributed by atoms with Crippen LogP contribution in [0.4, 0.5) is 0 Å². The number of aromatic nitrogens is 2. The number of carbonyl (C=O) groups is 2. The molecule has 0 saturated carbocycles. The van der Waals surface area contributed by atoms with Crippen LogP contribution in [0.1, 0.15) is 33.8 Å². The molecule has 2 amide bonds. The fourth-order valence-electron chi connectivity index (χ4n) is 3.79. The number of aryl methyl sites for hydroxylation is 3. The van der Waals surface area contributed by atoms with Gasteiger partial charge in [-0.1, -0.05) is 17.3 Å². The van der Waals surface area contributed by atoms with Gasteiger partial charge in [0.25, 0.3) is 5.91 Å². The van der Waals surface area contributed by atoms with Gasteiger partial charge in [0.1, 0.15) is 0 Å². The summed E-state index contributed by atoms with van der Waals surface area (Å²) in [7, 11) is 0. The van der Waals surface area contributed by atoms with Gasteiger partial charge in [0.05, 0.1) is 11.4 Å². The van der Waals surface area contributed by atoms with Gasteiger partial charge in [-0.25, -0.2) is 0 Å². The summed E-state index contributed by atoms with van der Waals surface area (Å²) in [5, 5.41) is 8.79. The summed E-state index contributed by atoms with van der Waals surface area (Å²) in [6.07, 6.45) is 1.66. The molecule has 1 fully saturated rings. The lowest BCUT2D eigenvalue weighted by atomic mass is 10.1. The average Bonchev–Trinajstić information content (AvgIpc) is 3.52. The maximum absolute atomic E-state index is 12.5. The largest absolute Gasteiger partial charge is 0.343 e. The Balaban J connectivity index is 1.15. The molecule has 0 unspecified atom stereocenters. The first-order valence-electron chi connectivity index (χ1n) is 11.2. The molecule has 8 nitrogen and oxygen atoms in total. The Bertz CT molecular complexity index is 1090. The minimum absolute atomic E-state index is 0.0233. The van der Waals surface area contributed by atoms with Gasteiger partial charge in [-0.15, -0.1) is 11.3 Å². The van der Waals surface area contributed by atoms with Crippen molar-refractivity contribution < 1.29 is 14.1 Å². The minimum Gasteiger partial charge on any atom is -0.343 e. The zero-order valence-corrected chi connectivity index (χ0v) is 19.9. The zero-order chi connectivity index (χ0) is 23.2. The summed E-state index contributed by atoms with van der Waals surface area (Å²) in [6.45, 7) is 7.90. The van der Waals surface area contributed by atoms with Crippen LogP contribution in [0.3, 0.4) is 0 Å². The van der Waals surface area contributed by atoms with Crippen LogP contribution in [0.15, 0.2) is 40.2 Å². The molecule has 0 atom stereocenters. The van der Waals surface area contributed by atoms with Crippen molar-refractivity contribution in [2.75, 3.05) is 39.3 Å². The van der Waals surface area contributed by atoms with Crippen molar-refractivity contribution in [2.24, 2.45) is 0 Å². The highest BCUT2D eigenvalue weighted by Crippen LogP contribution is 2.21. The molecule has 9 heteroatoms. The van der Waals surface area contributed by atoms with Crippen LogP contribution >= 0.6 is 11.3 Å². The first-order valence-corrected chi connectivity index (χ1v) is 12.1. The molecule has 1 aliphatic rings. The molecule has 4 rings (SSSR count). The summed E-state index contributed by atoms with van der Waals surface area (Å²) in [5.41, 5.74) is 2.78. The topological polar surface area (TPSA) is 91.6 Å². The van der Waals surface area contributed by atoms with E-state index >= 15 is 0 Å². The first kappa shape index (κ1) is 23.1. The molecule has 3 aromatic rings. The van der Waals surface area contributed by atoms with Gasteiger partial charge in [0.2, 0.25) is 17.6 Å². The van der Waals surface area contributed by atoms with E-state index in [-0.39, 0.29) is 18.4 Å². The highest BCUT2D eigenvalue weighted by Gasteiger charge is 2.21. The fraction of sp³-hybridized carbons (Fsp3) is 0.417. The smallest absolute Gasteiger partial charge is 0.251 e. The number of benzene rings is 1. The monoisotopic (exact) mass is 467 g/mol. The van der Waals surface area contributed by atoms with Gasteiger partial charge in [0.15, 0.2) is 0 Å². The number of hydrogen-bond donors (Lipinski definition) is 1. The van der Waals surface area contributed by atoms with Crippen molar-refractivity contribution >= 4 is 23.2 Å². The van der Waals surface area contributed by atoms with Crippen molar-refractivity contribution in [1.82, 2.24) is 25.3 Å². The van der Waals surface area contributed by atoms with Crippen molar-refractivity contribution in [2.45, 2.75) is 26.7 Å². The van der Waals surface area contributed by atoms with E-state index < -0.39 is 0 Å². The molecule has 1 N–H and O–H groups in total. The predicted molar refractivity (Wildman–Crippen MR) is 127 cm³/mol. The number of thiophene rings is 1.